The molecular weight excluding hydrogens is 376 g/mol. The molecule has 3 amide bonds. The van der Waals surface area contributed by atoms with Crippen molar-refractivity contribution < 1.29 is 22.9 Å². The number of anilines is 1. The summed E-state index contributed by atoms with van der Waals surface area (Å²) in [5.74, 6) is -0.705. The van der Waals surface area contributed by atoms with Gasteiger partial charge < -0.3 is 15.1 Å². The van der Waals surface area contributed by atoms with Crippen LogP contribution in [0.15, 0.2) is 24.3 Å². The number of rotatable bonds is 3. The van der Waals surface area contributed by atoms with Crippen LogP contribution in [0.4, 0.5) is 16.2 Å². The molecule has 1 aromatic carbocycles. The maximum Gasteiger partial charge on any atom is 0.321 e. The van der Waals surface area contributed by atoms with Gasteiger partial charge in [-0.15, -0.1) is 0 Å². The number of piperazine rings is 1. The van der Waals surface area contributed by atoms with Gasteiger partial charge in [0.15, 0.2) is 9.84 Å². The first-order valence-corrected chi connectivity index (χ1v) is 10.4. The van der Waals surface area contributed by atoms with Crippen molar-refractivity contribution in [1.82, 2.24) is 9.80 Å². The minimum Gasteiger partial charge on any atom is -0.339 e. The molecule has 0 radical (unpaired) electrons. The monoisotopic (exact) mass is 396 g/mol. The summed E-state index contributed by atoms with van der Waals surface area (Å²) in [6, 6.07) is 5.26. The number of nitrogens with zero attached hydrogens (tertiary/aromatic N) is 3. The van der Waals surface area contributed by atoms with Crippen molar-refractivity contribution in [3.63, 3.8) is 0 Å². The molecule has 1 unspecified atom stereocenters. The van der Waals surface area contributed by atoms with E-state index in [2.05, 4.69) is 5.32 Å². The van der Waals surface area contributed by atoms with Gasteiger partial charge in [-0.05, 0) is 12.5 Å². The summed E-state index contributed by atoms with van der Waals surface area (Å²) in [7, 11) is -3.12. The largest absolute Gasteiger partial charge is 0.339 e. The third-order valence-electron chi connectivity index (χ3n) is 4.77. The molecular formula is C16H20N4O6S. The molecule has 2 heterocycles. The Morgan fingerprint density at radius 1 is 1.15 bits per heavy atom. The van der Waals surface area contributed by atoms with Crippen molar-refractivity contribution >= 4 is 33.2 Å². The second-order valence-electron chi connectivity index (χ2n) is 6.65. The summed E-state index contributed by atoms with van der Waals surface area (Å²) in [5.41, 5.74) is 0.207. The smallest absolute Gasteiger partial charge is 0.321 e. The standard InChI is InChI=1S/C16H20N4O6S/c21-15(12-4-9-27(25,26)11-12)18-5-7-19(8-6-18)16(22)17-13-2-1-3-14(10-13)20(23)24/h1-3,10,12H,4-9,11H2,(H,17,22). The summed E-state index contributed by atoms with van der Waals surface area (Å²) in [4.78, 5) is 38.1. The van der Waals surface area contributed by atoms with Crippen LogP contribution in [0, 0.1) is 16.0 Å². The van der Waals surface area contributed by atoms with Crippen molar-refractivity contribution in [1.29, 1.82) is 0 Å². The predicted octanol–water partition coefficient (Wildman–Crippen LogP) is 0.706. The molecule has 1 aromatic rings. The zero-order valence-electron chi connectivity index (χ0n) is 14.5. The Balaban J connectivity index is 1.53. The summed E-state index contributed by atoms with van der Waals surface area (Å²) < 4.78 is 23.1. The Morgan fingerprint density at radius 2 is 1.81 bits per heavy atom. The highest BCUT2D eigenvalue weighted by molar-refractivity contribution is 7.91. The summed E-state index contributed by atoms with van der Waals surface area (Å²) in [5, 5.41) is 13.4. The molecule has 0 spiro atoms. The van der Waals surface area contributed by atoms with Crippen molar-refractivity contribution in [2.24, 2.45) is 5.92 Å². The molecule has 146 valence electrons. The van der Waals surface area contributed by atoms with Crippen LogP contribution in [-0.4, -0.2) is 72.8 Å². The van der Waals surface area contributed by atoms with Crippen LogP contribution in [0.5, 0.6) is 0 Å². The van der Waals surface area contributed by atoms with Crippen molar-refractivity contribution in [3.8, 4) is 0 Å². The van der Waals surface area contributed by atoms with Crippen molar-refractivity contribution in [2.75, 3.05) is 43.0 Å². The number of urea groups is 1. The molecule has 2 saturated heterocycles. The number of amides is 3. The molecule has 11 heteroatoms. The van der Waals surface area contributed by atoms with Crippen LogP contribution in [0.1, 0.15) is 6.42 Å². The number of hydrogen-bond donors (Lipinski definition) is 1. The maximum absolute atomic E-state index is 12.4. The summed E-state index contributed by atoms with van der Waals surface area (Å²) in [6.45, 7) is 1.29. The number of nitro benzene ring substituents is 1. The van der Waals surface area contributed by atoms with Gasteiger partial charge in [-0.2, -0.15) is 0 Å². The van der Waals surface area contributed by atoms with E-state index in [1.165, 1.54) is 23.1 Å². The average molecular weight is 396 g/mol. The van der Waals surface area contributed by atoms with Gasteiger partial charge in [0.1, 0.15) is 0 Å². The quantitative estimate of drug-likeness (QED) is 0.591. The molecule has 0 aliphatic carbocycles. The number of carbonyl (C=O) groups is 2. The minimum absolute atomic E-state index is 0.0506. The van der Waals surface area contributed by atoms with E-state index in [0.29, 0.717) is 38.3 Å². The lowest BCUT2D eigenvalue weighted by Crippen LogP contribution is -2.53. The normalized spacial score (nSPS) is 21.7. The highest BCUT2D eigenvalue weighted by Crippen LogP contribution is 2.22. The number of benzene rings is 1. The van der Waals surface area contributed by atoms with Gasteiger partial charge >= 0.3 is 6.03 Å². The molecule has 10 nitrogen and oxygen atoms in total. The first-order valence-electron chi connectivity index (χ1n) is 8.55. The molecule has 2 aliphatic heterocycles. The zero-order chi connectivity index (χ0) is 19.6. The Morgan fingerprint density at radius 3 is 2.41 bits per heavy atom. The van der Waals surface area contributed by atoms with E-state index in [9.17, 15) is 28.1 Å². The van der Waals surface area contributed by atoms with Crippen LogP contribution in [-0.2, 0) is 14.6 Å². The Labute approximate surface area is 156 Å². The lowest BCUT2D eigenvalue weighted by molar-refractivity contribution is -0.384. The van der Waals surface area contributed by atoms with Gasteiger partial charge in [0.25, 0.3) is 5.69 Å². The van der Waals surface area contributed by atoms with Gasteiger partial charge in [0.05, 0.1) is 22.3 Å². The molecule has 0 saturated carbocycles. The first-order chi connectivity index (χ1) is 12.7. The third-order valence-corrected chi connectivity index (χ3v) is 6.54. The fourth-order valence-corrected chi connectivity index (χ4v) is 5.01. The van der Waals surface area contributed by atoms with E-state index in [4.69, 9.17) is 0 Å². The predicted molar refractivity (Wildman–Crippen MR) is 97.0 cm³/mol. The number of non-ortho nitro benzene ring substituents is 1. The molecule has 3 rings (SSSR count). The van der Waals surface area contributed by atoms with Crippen LogP contribution < -0.4 is 5.32 Å². The third kappa shape index (κ3) is 4.54. The Bertz CT molecular complexity index is 863. The van der Waals surface area contributed by atoms with Crippen LogP contribution >= 0.6 is 0 Å². The summed E-state index contributed by atoms with van der Waals surface area (Å²) >= 11 is 0. The van der Waals surface area contributed by atoms with Gasteiger partial charge in [-0.3, -0.25) is 14.9 Å². The molecule has 2 aliphatic rings. The number of hydrogen-bond acceptors (Lipinski definition) is 6. The molecule has 2 fully saturated rings. The number of nitro groups is 1. The second-order valence-corrected chi connectivity index (χ2v) is 8.88. The maximum atomic E-state index is 12.4. The number of sulfone groups is 1. The van der Waals surface area contributed by atoms with Crippen LogP contribution in [0.3, 0.4) is 0 Å². The molecule has 1 atom stereocenters. The van der Waals surface area contributed by atoms with Gasteiger partial charge in [0, 0.05) is 44.0 Å². The topological polar surface area (TPSA) is 130 Å². The number of carbonyl (C=O) groups excluding carboxylic acids is 2. The lowest BCUT2D eigenvalue weighted by atomic mass is 10.1. The fourth-order valence-electron chi connectivity index (χ4n) is 3.28. The van der Waals surface area contributed by atoms with Gasteiger partial charge in [0.2, 0.25) is 5.91 Å². The van der Waals surface area contributed by atoms with E-state index >= 15 is 0 Å². The van der Waals surface area contributed by atoms with Crippen molar-refractivity contribution in [2.45, 2.75) is 6.42 Å². The van der Waals surface area contributed by atoms with E-state index in [0.717, 1.165) is 0 Å². The highest BCUT2D eigenvalue weighted by Gasteiger charge is 2.36. The van der Waals surface area contributed by atoms with E-state index in [1.807, 2.05) is 0 Å². The van der Waals surface area contributed by atoms with E-state index in [1.54, 1.807) is 11.0 Å². The SMILES string of the molecule is O=C(Nc1cccc([N+](=O)[O-])c1)N1CCN(C(=O)C2CCS(=O)(=O)C2)CC1. The summed E-state index contributed by atoms with van der Waals surface area (Å²) in [6.07, 6.45) is 0.356. The highest BCUT2D eigenvalue weighted by atomic mass is 32.2. The molecule has 0 aromatic heterocycles. The molecule has 0 bridgehead atoms. The fraction of sp³-hybridized carbons (Fsp3) is 0.500. The average Bonchev–Trinajstić information content (AvgIpc) is 3.01. The van der Waals surface area contributed by atoms with Crippen molar-refractivity contribution in [3.05, 3.63) is 34.4 Å². The first kappa shape index (κ1) is 19.1. The van der Waals surface area contributed by atoms with Gasteiger partial charge in [-0.1, -0.05) is 6.07 Å². The molecule has 27 heavy (non-hydrogen) atoms. The second kappa shape index (κ2) is 7.51. The zero-order valence-corrected chi connectivity index (χ0v) is 15.4. The lowest BCUT2D eigenvalue weighted by Gasteiger charge is -2.35. The number of nitrogens with one attached hydrogen (secondary N) is 1. The molecule has 1 N–H and O–H groups in total. The minimum atomic E-state index is -3.12. The van der Waals surface area contributed by atoms with Crippen LogP contribution in [0.2, 0.25) is 0 Å². The van der Waals surface area contributed by atoms with Gasteiger partial charge in [-0.25, -0.2) is 13.2 Å². The Kier molecular flexibility index (Phi) is 5.31. The van der Waals surface area contributed by atoms with E-state index in [-0.39, 0.29) is 23.1 Å². The van der Waals surface area contributed by atoms with Crippen LogP contribution in [0.25, 0.3) is 0 Å². The van der Waals surface area contributed by atoms with E-state index < -0.39 is 26.7 Å². The Hall–Kier alpha value is -2.69.